The van der Waals surface area contributed by atoms with Gasteiger partial charge in [-0.05, 0) is 38.5 Å². The van der Waals surface area contributed by atoms with Crippen LogP contribution in [0.15, 0.2) is 5.38 Å². The Balaban J connectivity index is 1.76. The number of aryl methyl sites for hydroxylation is 2. The highest BCUT2D eigenvalue weighted by Crippen LogP contribution is 2.30. The standard InChI is InChI=1S/C17H27N3S/c1-11(2)14-7-5-6-8-15(14)18-9-16-13(4)19-17-20(16)12(3)10-21-17/h10-11,14-15,18H,5-9H2,1-4H3. The minimum Gasteiger partial charge on any atom is -0.308 e. The third-order valence-electron chi connectivity index (χ3n) is 5.04. The van der Waals surface area contributed by atoms with Gasteiger partial charge in [0.15, 0.2) is 4.96 Å². The molecule has 0 spiro atoms. The van der Waals surface area contributed by atoms with E-state index >= 15 is 0 Å². The Morgan fingerprint density at radius 3 is 2.86 bits per heavy atom. The lowest BCUT2D eigenvalue weighted by molar-refractivity contribution is 0.204. The number of fused-ring (bicyclic) bond motifs is 1. The van der Waals surface area contributed by atoms with Crippen molar-refractivity contribution in [1.29, 1.82) is 0 Å². The summed E-state index contributed by atoms with van der Waals surface area (Å²) in [6.45, 7) is 9.99. The topological polar surface area (TPSA) is 29.3 Å². The quantitative estimate of drug-likeness (QED) is 0.911. The second kappa shape index (κ2) is 6.09. The number of hydrogen-bond donors (Lipinski definition) is 1. The maximum Gasteiger partial charge on any atom is 0.194 e. The van der Waals surface area contributed by atoms with Crippen molar-refractivity contribution in [3.05, 3.63) is 22.5 Å². The van der Waals surface area contributed by atoms with E-state index in [1.807, 2.05) is 0 Å². The molecule has 2 aromatic heterocycles. The fourth-order valence-electron chi connectivity index (χ4n) is 3.81. The van der Waals surface area contributed by atoms with Gasteiger partial charge < -0.3 is 5.32 Å². The van der Waals surface area contributed by atoms with Crippen molar-refractivity contribution in [2.75, 3.05) is 0 Å². The van der Waals surface area contributed by atoms with E-state index in [9.17, 15) is 0 Å². The molecule has 1 aliphatic rings. The van der Waals surface area contributed by atoms with E-state index < -0.39 is 0 Å². The molecule has 3 nitrogen and oxygen atoms in total. The third kappa shape index (κ3) is 2.88. The first-order valence-electron chi connectivity index (χ1n) is 8.23. The molecule has 21 heavy (non-hydrogen) atoms. The predicted molar refractivity (Wildman–Crippen MR) is 90.0 cm³/mol. The lowest BCUT2D eigenvalue weighted by Gasteiger charge is -2.35. The molecule has 1 aliphatic carbocycles. The number of nitrogens with one attached hydrogen (secondary N) is 1. The molecule has 2 atom stereocenters. The first-order chi connectivity index (χ1) is 10.1. The highest BCUT2D eigenvalue weighted by atomic mass is 32.1. The van der Waals surface area contributed by atoms with Crippen molar-refractivity contribution in [2.24, 2.45) is 11.8 Å². The normalized spacial score (nSPS) is 23.3. The zero-order chi connectivity index (χ0) is 15.0. The van der Waals surface area contributed by atoms with Gasteiger partial charge in [0.25, 0.3) is 0 Å². The number of aromatic nitrogens is 2. The zero-order valence-corrected chi connectivity index (χ0v) is 14.5. The predicted octanol–water partition coefficient (Wildman–Crippen LogP) is 4.32. The second-order valence-corrected chi connectivity index (χ2v) is 7.66. The molecule has 0 aliphatic heterocycles. The van der Waals surface area contributed by atoms with Gasteiger partial charge in [0, 0.05) is 23.7 Å². The van der Waals surface area contributed by atoms with Crippen LogP contribution in [-0.2, 0) is 6.54 Å². The minimum atomic E-state index is 0.669. The van der Waals surface area contributed by atoms with E-state index in [0.29, 0.717) is 6.04 Å². The van der Waals surface area contributed by atoms with Crippen LogP contribution in [0.25, 0.3) is 4.96 Å². The van der Waals surface area contributed by atoms with Gasteiger partial charge in [-0.2, -0.15) is 0 Å². The average molecular weight is 305 g/mol. The van der Waals surface area contributed by atoms with Gasteiger partial charge in [0.1, 0.15) is 0 Å². The van der Waals surface area contributed by atoms with E-state index in [1.54, 1.807) is 11.3 Å². The highest BCUT2D eigenvalue weighted by molar-refractivity contribution is 7.15. The van der Waals surface area contributed by atoms with Crippen molar-refractivity contribution in [3.63, 3.8) is 0 Å². The fraction of sp³-hybridized carbons (Fsp3) is 0.706. The van der Waals surface area contributed by atoms with E-state index in [-0.39, 0.29) is 0 Å². The lowest BCUT2D eigenvalue weighted by atomic mass is 9.78. The second-order valence-electron chi connectivity index (χ2n) is 6.82. The molecule has 2 unspecified atom stereocenters. The summed E-state index contributed by atoms with van der Waals surface area (Å²) in [6.07, 6.45) is 5.49. The molecule has 1 N–H and O–H groups in total. The van der Waals surface area contributed by atoms with Crippen LogP contribution in [0.5, 0.6) is 0 Å². The minimum absolute atomic E-state index is 0.669. The van der Waals surface area contributed by atoms with Crippen molar-refractivity contribution in [2.45, 2.75) is 66.0 Å². The van der Waals surface area contributed by atoms with Crippen molar-refractivity contribution in [1.82, 2.24) is 14.7 Å². The number of nitrogens with zero attached hydrogens (tertiary/aromatic N) is 2. The Labute approximate surface area is 131 Å². The first-order valence-corrected chi connectivity index (χ1v) is 9.11. The van der Waals surface area contributed by atoms with Crippen LogP contribution >= 0.6 is 11.3 Å². The number of thiazole rings is 1. The maximum absolute atomic E-state index is 4.69. The summed E-state index contributed by atoms with van der Waals surface area (Å²) in [6, 6.07) is 0.669. The van der Waals surface area contributed by atoms with Crippen LogP contribution in [0.4, 0.5) is 0 Å². The molecule has 0 amide bonds. The van der Waals surface area contributed by atoms with E-state index in [0.717, 1.165) is 23.3 Å². The molecule has 0 bridgehead atoms. The number of imidazole rings is 1. The zero-order valence-electron chi connectivity index (χ0n) is 13.6. The lowest BCUT2D eigenvalue weighted by Crippen LogP contribution is -2.40. The monoisotopic (exact) mass is 305 g/mol. The van der Waals surface area contributed by atoms with Crippen LogP contribution in [0.3, 0.4) is 0 Å². The van der Waals surface area contributed by atoms with Crippen LogP contribution in [0, 0.1) is 25.7 Å². The van der Waals surface area contributed by atoms with Gasteiger partial charge in [-0.3, -0.25) is 4.40 Å². The van der Waals surface area contributed by atoms with Crippen molar-refractivity contribution < 1.29 is 0 Å². The van der Waals surface area contributed by atoms with E-state index in [4.69, 9.17) is 4.98 Å². The number of rotatable bonds is 4. The van der Waals surface area contributed by atoms with E-state index in [1.165, 1.54) is 42.8 Å². The molecular weight excluding hydrogens is 278 g/mol. The molecule has 0 radical (unpaired) electrons. The fourth-order valence-corrected chi connectivity index (χ4v) is 4.75. The summed E-state index contributed by atoms with van der Waals surface area (Å²) in [5, 5.41) is 6.05. The Morgan fingerprint density at radius 1 is 1.33 bits per heavy atom. The maximum atomic E-state index is 4.69. The SMILES string of the molecule is Cc1nc2scc(C)n2c1CNC1CCCCC1C(C)C. The Morgan fingerprint density at radius 2 is 2.10 bits per heavy atom. The Bertz CT molecular complexity index is 611. The molecule has 1 fully saturated rings. The summed E-state index contributed by atoms with van der Waals surface area (Å²) in [5.74, 6) is 1.60. The molecule has 3 rings (SSSR count). The summed E-state index contributed by atoms with van der Waals surface area (Å²) in [5.41, 5.74) is 3.82. The van der Waals surface area contributed by atoms with Gasteiger partial charge in [-0.1, -0.05) is 26.7 Å². The molecule has 2 aromatic rings. The average Bonchev–Trinajstić information content (AvgIpc) is 2.96. The summed E-state index contributed by atoms with van der Waals surface area (Å²) in [4.78, 5) is 5.82. The number of hydrogen-bond acceptors (Lipinski definition) is 3. The first kappa shape index (κ1) is 15.0. The third-order valence-corrected chi connectivity index (χ3v) is 5.98. The smallest absolute Gasteiger partial charge is 0.194 e. The molecule has 0 aromatic carbocycles. The van der Waals surface area contributed by atoms with Gasteiger partial charge in [-0.25, -0.2) is 4.98 Å². The molecule has 116 valence electrons. The van der Waals surface area contributed by atoms with Crippen LogP contribution < -0.4 is 5.32 Å². The molecular formula is C17H27N3S. The van der Waals surface area contributed by atoms with Crippen LogP contribution in [0.2, 0.25) is 0 Å². The molecule has 0 saturated heterocycles. The Kier molecular flexibility index (Phi) is 4.36. The van der Waals surface area contributed by atoms with E-state index in [2.05, 4.69) is 42.8 Å². The molecule has 4 heteroatoms. The van der Waals surface area contributed by atoms with Crippen molar-refractivity contribution >= 4 is 16.3 Å². The van der Waals surface area contributed by atoms with Crippen molar-refractivity contribution in [3.8, 4) is 0 Å². The summed E-state index contributed by atoms with van der Waals surface area (Å²) >= 11 is 1.74. The Hall–Kier alpha value is -0.870. The highest BCUT2D eigenvalue weighted by Gasteiger charge is 2.27. The van der Waals surface area contributed by atoms with Crippen LogP contribution in [0.1, 0.15) is 56.6 Å². The van der Waals surface area contributed by atoms with Gasteiger partial charge in [-0.15, -0.1) is 11.3 Å². The molecule has 1 saturated carbocycles. The van der Waals surface area contributed by atoms with Gasteiger partial charge in [0.05, 0.1) is 11.4 Å². The van der Waals surface area contributed by atoms with Gasteiger partial charge >= 0.3 is 0 Å². The van der Waals surface area contributed by atoms with Crippen LogP contribution in [-0.4, -0.2) is 15.4 Å². The van der Waals surface area contributed by atoms with Gasteiger partial charge in [0.2, 0.25) is 0 Å². The molecule has 2 heterocycles. The summed E-state index contributed by atoms with van der Waals surface area (Å²) in [7, 11) is 0. The summed E-state index contributed by atoms with van der Waals surface area (Å²) < 4.78 is 2.32. The largest absolute Gasteiger partial charge is 0.308 e.